The molecule has 0 radical (unpaired) electrons. The minimum atomic E-state index is -1.64. The minimum absolute atomic E-state index is 0.204. The Morgan fingerprint density at radius 1 is 0.582 bits per heavy atom. The van der Waals surface area contributed by atoms with E-state index in [0.29, 0.717) is 19.6 Å². The number of hydrogen-bond donors (Lipinski definition) is 7. The van der Waals surface area contributed by atoms with E-state index in [1.54, 1.807) is 0 Å². The first-order chi connectivity index (χ1) is 26.8. The molecule has 1 heterocycles. The zero-order valence-electron chi connectivity index (χ0n) is 35.0. The van der Waals surface area contributed by atoms with Crippen molar-refractivity contribution in [3.63, 3.8) is 0 Å². The maximum atomic E-state index is 12.9. The Hall–Kier alpha value is -0.930. The normalized spacial score (nSPS) is 21.8. The van der Waals surface area contributed by atoms with Gasteiger partial charge < -0.3 is 54.9 Å². The highest BCUT2D eigenvalue weighted by atomic mass is 16.7. The summed E-state index contributed by atoms with van der Waals surface area (Å²) >= 11 is 0. The van der Waals surface area contributed by atoms with Crippen LogP contribution >= 0.6 is 0 Å². The van der Waals surface area contributed by atoms with Crippen molar-refractivity contribution in [1.82, 2.24) is 5.32 Å². The summed E-state index contributed by atoms with van der Waals surface area (Å²) in [6, 6.07) is -1.09. The molecule has 1 aliphatic rings. The second-order valence-electron chi connectivity index (χ2n) is 15.8. The van der Waals surface area contributed by atoms with Crippen molar-refractivity contribution in [2.75, 3.05) is 39.6 Å². The van der Waals surface area contributed by atoms with Gasteiger partial charge in [0.05, 0.1) is 39.1 Å². The van der Waals surface area contributed by atoms with Crippen LogP contribution in [0, 0.1) is 0 Å². The van der Waals surface area contributed by atoms with Crippen molar-refractivity contribution in [2.45, 2.75) is 230 Å². The Morgan fingerprint density at radius 2 is 1.04 bits per heavy atom. The fraction of sp³-hybridized carbons (Fsp3) is 0.977. The maximum Gasteiger partial charge on any atom is 0.220 e. The third kappa shape index (κ3) is 26.6. The average molecular weight is 792 g/mol. The maximum absolute atomic E-state index is 12.9. The lowest BCUT2D eigenvalue weighted by atomic mass is 9.99. The van der Waals surface area contributed by atoms with Crippen LogP contribution in [0.15, 0.2) is 0 Å². The standard InChI is InChI=1S/C43H85NO11/c1-3-5-7-8-9-10-11-12-13-14-15-16-17-18-19-20-21-22-23-24-25-26-27-28-38(47)44-35(39(48)36(46)34-53-31-30-52-29-6-4-2)33-54-43-42(51)41(50)40(49)37(32-45)55-43/h35-37,39-43,45-46,48-51H,3-34H2,1-2H3,(H,44,47)/t35-,36+,37-,39-,40+,41+,42-,43+/m1/s1. The van der Waals surface area contributed by atoms with Crippen molar-refractivity contribution in [2.24, 2.45) is 0 Å². The first-order valence-corrected chi connectivity index (χ1v) is 22.5. The molecule has 1 fully saturated rings. The molecule has 0 bridgehead atoms. The molecule has 12 heteroatoms. The molecular weight excluding hydrogens is 706 g/mol. The second-order valence-corrected chi connectivity index (χ2v) is 15.8. The van der Waals surface area contributed by atoms with Crippen LogP contribution in [0.5, 0.6) is 0 Å². The highest BCUT2D eigenvalue weighted by Crippen LogP contribution is 2.23. The van der Waals surface area contributed by atoms with E-state index in [4.69, 9.17) is 18.9 Å². The number of aliphatic hydroxyl groups is 6. The molecule has 0 aromatic carbocycles. The van der Waals surface area contributed by atoms with E-state index >= 15 is 0 Å². The second kappa shape index (κ2) is 36.2. The number of aliphatic hydroxyl groups excluding tert-OH is 6. The van der Waals surface area contributed by atoms with Crippen LogP contribution in [0.2, 0.25) is 0 Å². The van der Waals surface area contributed by atoms with E-state index in [9.17, 15) is 35.4 Å². The van der Waals surface area contributed by atoms with E-state index in [1.807, 2.05) is 0 Å². The van der Waals surface area contributed by atoms with Crippen LogP contribution in [-0.2, 0) is 23.7 Å². The van der Waals surface area contributed by atoms with Gasteiger partial charge >= 0.3 is 0 Å². The summed E-state index contributed by atoms with van der Waals surface area (Å²) in [5.74, 6) is -0.317. The molecule has 0 unspecified atom stereocenters. The summed E-state index contributed by atoms with van der Waals surface area (Å²) in [6.07, 6.45) is 21.7. The lowest BCUT2D eigenvalue weighted by Crippen LogP contribution is -2.60. The van der Waals surface area contributed by atoms with Crippen LogP contribution < -0.4 is 5.32 Å². The predicted octanol–water partition coefficient (Wildman–Crippen LogP) is 6.23. The topological polar surface area (TPSA) is 187 Å². The molecule has 1 amide bonds. The van der Waals surface area contributed by atoms with Gasteiger partial charge in [-0.2, -0.15) is 0 Å². The Bertz CT molecular complexity index is 853. The fourth-order valence-corrected chi connectivity index (χ4v) is 7.02. The number of ether oxygens (including phenoxy) is 4. The van der Waals surface area contributed by atoms with Crippen LogP contribution in [0.1, 0.15) is 181 Å². The van der Waals surface area contributed by atoms with Gasteiger partial charge in [0.25, 0.3) is 0 Å². The van der Waals surface area contributed by atoms with Gasteiger partial charge in [0.15, 0.2) is 6.29 Å². The molecule has 328 valence electrons. The molecule has 1 rings (SSSR count). The van der Waals surface area contributed by atoms with E-state index in [1.165, 1.54) is 122 Å². The number of nitrogens with one attached hydrogen (secondary N) is 1. The van der Waals surface area contributed by atoms with Crippen molar-refractivity contribution in [1.29, 1.82) is 0 Å². The molecule has 0 spiro atoms. The summed E-state index contributed by atoms with van der Waals surface area (Å²) in [6.45, 7) is 4.33. The molecule has 8 atom stereocenters. The number of unbranched alkanes of at least 4 members (excludes halogenated alkanes) is 23. The van der Waals surface area contributed by atoms with Gasteiger partial charge in [-0.15, -0.1) is 0 Å². The quantitative estimate of drug-likeness (QED) is 0.0350. The number of hydrogen-bond acceptors (Lipinski definition) is 11. The molecule has 7 N–H and O–H groups in total. The van der Waals surface area contributed by atoms with Gasteiger partial charge in [0.2, 0.25) is 5.91 Å². The van der Waals surface area contributed by atoms with Crippen molar-refractivity contribution in [3.8, 4) is 0 Å². The smallest absolute Gasteiger partial charge is 0.220 e. The van der Waals surface area contributed by atoms with Crippen LogP contribution in [-0.4, -0.2) is 125 Å². The first kappa shape index (κ1) is 52.1. The van der Waals surface area contributed by atoms with E-state index in [-0.39, 0.29) is 32.1 Å². The van der Waals surface area contributed by atoms with Gasteiger partial charge in [0, 0.05) is 13.0 Å². The molecular formula is C43H85NO11. The number of amides is 1. The molecule has 12 nitrogen and oxygen atoms in total. The van der Waals surface area contributed by atoms with Crippen molar-refractivity contribution >= 4 is 5.91 Å². The van der Waals surface area contributed by atoms with Crippen molar-refractivity contribution < 1.29 is 54.4 Å². The highest BCUT2D eigenvalue weighted by Gasteiger charge is 2.44. The summed E-state index contributed by atoms with van der Waals surface area (Å²) in [5, 5.41) is 64.3. The Labute approximate surface area is 334 Å². The molecule has 0 aromatic heterocycles. The SMILES string of the molecule is CCCCCCCCCCCCCCCCCCCCCCCCCC(=O)N[C@H](CO[C@H]1O[C@H](CO)[C@H](O)[C@H](O)[C@H]1O)[C@@H](O)[C@@H](O)COCCOCCCC. The third-order valence-corrected chi connectivity index (χ3v) is 10.8. The zero-order valence-corrected chi connectivity index (χ0v) is 35.0. The summed E-state index contributed by atoms with van der Waals surface area (Å²) in [4.78, 5) is 12.9. The average Bonchev–Trinajstić information content (AvgIpc) is 3.18. The van der Waals surface area contributed by atoms with E-state index in [0.717, 1.165) is 32.1 Å². The van der Waals surface area contributed by atoms with Gasteiger partial charge in [-0.05, 0) is 12.8 Å². The van der Waals surface area contributed by atoms with Crippen LogP contribution in [0.25, 0.3) is 0 Å². The van der Waals surface area contributed by atoms with E-state index in [2.05, 4.69) is 19.2 Å². The molecule has 1 aliphatic heterocycles. The number of rotatable bonds is 39. The molecule has 1 saturated heterocycles. The van der Waals surface area contributed by atoms with Gasteiger partial charge in [-0.3, -0.25) is 4.79 Å². The number of carbonyl (C=O) groups excluding carboxylic acids is 1. The van der Waals surface area contributed by atoms with E-state index < -0.39 is 55.6 Å². The van der Waals surface area contributed by atoms with Crippen molar-refractivity contribution in [3.05, 3.63) is 0 Å². The number of carbonyl (C=O) groups is 1. The first-order valence-electron chi connectivity index (χ1n) is 22.5. The summed E-state index contributed by atoms with van der Waals surface area (Å²) in [7, 11) is 0. The fourth-order valence-electron chi connectivity index (χ4n) is 7.02. The third-order valence-electron chi connectivity index (χ3n) is 10.8. The monoisotopic (exact) mass is 792 g/mol. The molecule has 55 heavy (non-hydrogen) atoms. The Balaban J connectivity index is 2.23. The van der Waals surface area contributed by atoms with Gasteiger partial charge in [-0.1, -0.05) is 162 Å². The molecule has 0 aliphatic carbocycles. The van der Waals surface area contributed by atoms with Gasteiger partial charge in [0.1, 0.15) is 36.6 Å². The van der Waals surface area contributed by atoms with Crippen LogP contribution in [0.4, 0.5) is 0 Å². The predicted molar refractivity (Wildman–Crippen MR) is 217 cm³/mol. The largest absolute Gasteiger partial charge is 0.394 e. The lowest BCUT2D eigenvalue weighted by molar-refractivity contribution is -0.303. The lowest BCUT2D eigenvalue weighted by Gasteiger charge is -2.40. The summed E-state index contributed by atoms with van der Waals surface area (Å²) < 4.78 is 21.9. The Kier molecular flexibility index (Phi) is 34.3. The Morgan fingerprint density at radius 3 is 1.51 bits per heavy atom. The highest BCUT2D eigenvalue weighted by molar-refractivity contribution is 5.76. The summed E-state index contributed by atoms with van der Waals surface area (Å²) in [5.41, 5.74) is 0. The zero-order chi connectivity index (χ0) is 40.4. The minimum Gasteiger partial charge on any atom is -0.394 e. The van der Waals surface area contributed by atoms with Crippen LogP contribution in [0.3, 0.4) is 0 Å². The molecule has 0 saturated carbocycles. The van der Waals surface area contributed by atoms with Gasteiger partial charge in [-0.25, -0.2) is 0 Å². The molecule has 0 aromatic rings.